The first-order chi connectivity index (χ1) is 7.25. The van der Waals surface area contributed by atoms with E-state index in [9.17, 15) is 0 Å². The Morgan fingerprint density at radius 2 is 0.812 bits per heavy atom. The molecule has 0 saturated heterocycles. The largest absolute Gasteiger partial charge is 0.453 e. The van der Waals surface area contributed by atoms with Gasteiger partial charge in [0, 0.05) is 0 Å². The van der Waals surface area contributed by atoms with Gasteiger partial charge in [0.05, 0.1) is 0 Å². The van der Waals surface area contributed by atoms with Crippen LogP contribution < -0.4 is 0 Å². The van der Waals surface area contributed by atoms with Gasteiger partial charge in [0.15, 0.2) is 0 Å². The maximum absolute atomic E-state index is 8.94. The molecule has 0 aromatic rings. The van der Waals surface area contributed by atoms with Crippen molar-refractivity contribution in [1.82, 2.24) is 0 Å². The molecule has 0 bridgehead atoms. The highest BCUT2D eigenvalue weighted by atomic mass is 16.4. The van der Waals surface area contributed by atoms with Crippen molar-refractivity contribution >= 4 is 28.5 Å². The van der Waals surface area contributed by atoms with E-state index in [4.69, 9.17) is 40.2 Å². The van der Waals surface area contributed by atoms with Crippen molar-refractivity contribution < 1.29 is 40.2 Å². The van der Waals surface area contributed by atoms with Crippen molar-refractivity contribution in [3.8, 4) is 0 Å². The van der Waals surface area contributed by atoms with Crippen LogP contribution in [0.25, 0.3) is 0 Å². The standard InChI is InChI=1S/C4H14B4O8/c9-5(10)1-3(7(13)14)4(8(15)16)2-6(11)12/h3-4,9-16H,1-2H2. The van der Waals surface area contributed by atoms with Crippen molar-refractivity contribution in [2.24, 2.45) is 0 Å². The van der Waals surface area contributed by atoms with E-state index in [1.807, 2.05) is 0 Å². The Hall–Kier alpha value is -0.0603. The first kappa shape index (κ1) is 15.9. The molecule has 2 unspecified atom stereocenters. The molecule has 0 aliphatic heterocycles. The Morgan fingerprint density at radius 1 is 0.562 bits per heavy atom. The minimum Gasteiger partial charge on any atom is -0.427 e. The molecular weight excluding hydrogens is 219 g/mol. The number of hydrogen-bond acceptors (Lipinski definition) is 8. The number of hydrogen-bond donors (Lipinski definition) is 8. The predicted molar refractivity (Wildman–Crippen MR) is 57.9 cm³/mol. The zero-order valence-electron chi connectivity index (χ0n) is 8.46. The predicted octanol–water partition coefficient (Wildman–Crippen LogP) is -4.38. The molecule has 0 heterocycles. The van der Waals surface area contributed by atoms with E-state index >= 15 is 0 Å². The van der Waals surface area contributed by atoms with Crippen LogP contribution in [0, 0.1) is 0 Å². The van der Waals surface area contributed by atoms with Crippen molar-refractivity contribution in [2.75, 3.05) is 0 Å². The second kappa shape index (κ2) is 7.30. The molecule has 0 aliphatic carbocycles. The lowest BCUT2D eigenvalue weighted by Gasteiger charge is -2.25. The van der Waals surface area contributed by atoms with Crippen molar-refractivity contribution in [2.45, 2.75) is 24.3 Å². The van der Waals surface area contributed by atoms with Gasteiger partial charge in [-0.1, -0.05) is 0 Å². The maximum atomic E-state index is 8.94. The van der Waals surface area contributed by atoms with E-state index < -0.39 is 52.7 Å². The van der Waals surface area contributed by atoms with Crippen LogP contribution >= 0.6 is 0 Å². The first-order valence-corrected chi connectivity index (χ1v) is 4.70. The second-order valence-corrected chi connectivity index (χ2v) is 3.59. The van der Waals surface area contributed by atoms with Gasteiger partial charge in [0.2, 0.25) is 0 Å². The summed E-state index contributed by atoms with van der Waals surface area (Å²) in [6.45, 7) is 0. The molecule has 0 radical (unpaired) electrons. The normalized spacial score (nSPS) is 14.2. The van der Waals surface area contributed by atoms with Gasteiger partial charge in [0.1, 0.15) is 0 Å². The zero-order chi connectivity index (χ0) is 12.9. The van der Waals surface area contributed by atoms with E-state index in [1.165, 1.54) is 0 Å². The molecule has 0 fully saturated rings. The Kier molecular flexibility index (Phi) is 7.27. The molecule has 8 nitrogen and oxygen atoms in total. The van der Waals surface area contributed by atoms with Gasteiger partial charge in [-0.15, -0.1) is 0 Å². The van der Waals surface area contributed by atoms with Crippen molar-refractivity contribution in [3.63, 3.8) is 0 Å². The van der Waals surface area contributed by atoms with Gasteiger partial charge < -0.3 is 40.2 Å². The summed E-state index contributed by atoms with van der Waals surface area (Å²) in [6, 6.07) is 0. The van der Waals surface area contributed by atoms with Crippen LogP contribution in [0.5, 0.6) is 0 Å². The third-order valence-electron chi connectivity index (χ3n) is 2.28. The van der Waals surface area contributed by atoms with E-state index in [0.717, 1.165) is 0 Å². The zero-order valence-corrected chi connectivity index (χ0v) is 8.46. The highest BCUT2D eigenvalue weighted by Crippen LogP contribution is 2.35. The Bertz CT molecular complexity index is 169. The fourth-order valence-electron chi connectivity index (χ4n) is 1.52. The van der Waals surface area contributed by atoms with Gasteiger partial charge in [-0.2, -0.15) is 0 Å². The third-order valence-corrected chi connectivity index (χ3v) is 2.28. The van der Waals surface area contributed by atoms with Gasteiger partial charge >= 0.3 is 28.5 Å². The molecule has 0 saturated carbocycles. The Morgan fingerprint density at radius 3 is 0.938 bits per heavy atom. The topological polar surface area (TPSA) is 162 Å². The molecule has 16 heavy (non-hydrogen) atoms. The van der Waals surface area contributed by atoms with E-state index in [2.05, 4.69) is 0 Å². The molecule has 0 rings (SSSR count). The molecule has 8 N–H and O–H groups in total. The lowest BCUT2D eigenvalue weighted by atomic mass is 9.45. The molecule has 12 heteroatoms. The third kappa shape index (κ3) is 5.87. The lowest BCUT2D eigenvalue weighted by molar-refractivity contribution is 0.333. The summed E-state index contributed by atoms with van der Waals surface area (Å²) in [5, 5.41) is 70.5. The molecule has 0 aliphatic rings. The molecule has 0 aromatic heterocycles. The fraction of sp³-hybridized carbons (Fsp3) is 1.00. The van der Waals surface area contributed by atoms with Crippen LogP contribution in [0.3, 0.4) is 0 Å². The minimum absolute atomic E-state index is 0.535. The van der Waals surface area contributed by atoms with Crippen LogP contribution in [-0.4, -0.2) is 68.7 Å². The fourth-order valence-corrected chi connectivity index (χ4v) is 1.52. The Balaban J connectivity index is 4.66. The summed E-state index contributed by atoms with van der Waals surface area (Å²) in [7, 11) is -7.81. The average Bonchev–Trinajstić information content (AvgIpc) is 2.09. The molecule has 0 amide bonds. The summed E-state index contributed by atoms with van der Waals surface area (Å²) in [5.74, 6) is -2.61. The number of rotatable bonds is 7. The lowest BCUT2D eigenvalue weighted by Crippen LogP contribution is -2.37. The first-order valence-electron chi connectivity index (χ1n) is 4.70. The van der Waals surface area contributed by atoms with E-state index in [1.54, 1.807) is 0 Å². The van der Waals surface area contributed by atoms with Crippen LogP contribution in [-0.2, 0) is 0 Å². The van der Waals surface area contributed by atoms with Crippen molar-refractivity contribution in [3.05, 3.63) is 0 Å². The highest BCUT2D eigenvalue weighted by Gasteiger charge is 2.42. The molecule has 0 aromatic carbocycles. The molecule has 90 valence electrons. The SMILES string of the molecule is OB(O)CC(B(O)O)C(CB(O)O)B(O)O. The van der Waals surface area contributed by atoms with Gasteiger partial charge in [-0.3, -0.25) is 0 Å². The van der Waals surface area contributed by atoms with Crippen LogP contribution in [0.15, 0.2) is 0 Å². The summed E-state index contributed by atoms with van der Waals surface area (Å²) >= 11 is 0. The van der Waals surface area contributed by atoms with Crippen LogP contribution in [0.4, 0.5) is 0 Å². The highest BCUT2D eigenvalue weighted by molar-refractivity contribution is 6.56. The van der Waals surface area contributed by atoms with Gasteiger partial charge in [0.25, 0.3) is 0 Å². The Labute approximate surface area is 93.8 Å². The summed E-state index contributed by atoms with van der Waals surface area (Å²) < 4.78 is 0. The molecular formula is C4H14B4O8. The smallest absolute Gasteiger partial charge is 0.427 e. The quantitative estimate of drug-likeness (QED) is 0.204. The van der Waals surface area contributed by atoms with Gasteiger partial charge in [-0.05, 0) is 24.3 Å². The van der Waals surface area contributed by atoms with Crippen LogP contribution in [0.2, 0.25) is 24.3 Å². The van der Waals surface area contributed by atoms with E-state index in [-0.39, 0.29) is 0 Å². The maximum Gasteiger partial charge on any atom is 0.453 e. The van der Waals surface area contributed by atoms with Crippen molar-refractivity contribution in [1.29, 1.82) is 0 Å². The van der Waals surface area contributed by atoms with Crippen LogP contribution in [0.1, 0.15) is 0 Å². The van der Waals surface area contributed by atoms with E-state index in [0.29, 0.717) is 0 Å². The summed E-state index contributed by atoms with van der Waals surface area (Å²) in [5.41, 5.74) is 0. The monoisotopic (exact) mass is 234 g/mol. The van der Waals surface area contributed by atoms with Gasteiger partial charge in [-0.25, -0.2) is 0 Å². The molecule has 2 atom stereocenters. The summed E-state index contributed by atoms with van der Waals surface area (Å²) in [6.07, 6.45) is -1.07. The molecule has 0 spiro atoms. The minimum atomic E-state index is -2.03. The average molecular weight is 233 g/mol. The second-order valence-electron chi connectivity index (χ2n) is 3.59. The summed E-state index contributed by atoms with van der Waals surface area (Å²) in [4.78, 5) is 0.